The lowest BCUT2D eigenvalue weighted by Crippen LogP contribution is -2.45. The second kappa shape index (κ2) is 8.67. The van der Waals surface area contributed by atoms with E-state index in [1.54, 1.807) is 16.2 Å². The highest BCUT2D eigenvalue weighted by atomic mass is 32.1. The summed E-state index contributed by atoms with van der Waals surface area (Å²) in [5.74, 6) is 0.959. The fourth-order valence-corrected chi connectivity index (χ4v) is 4.74. The van der Waals surface area contributed by atoms with E-state index in [2.05, 4.69) is 16.5 Å². The van der Waals surface area contributed by atoms with Gasteiger partial charge in [0.1, 0.15) is 0 Å². The number of thiophene rings is 1. The normalized spacial score (nSPS) is 16.3. The molecular weight excluding hydrogens is 432 g/mol. The standard InChI is InChI=1S/C26H24N4O2S/c1-16-9-11-20(12-10-16)23-22(25-28-24(29-32-25)21-8-5-13-33-21)18(3)30(26(31)27-23)15-19-7-4-6-17(2)14-19/h4-14,23H,15H2,1-3H3,(H,27,31). The zero-order chi connectivity index (χ0) is 22.9. The molecule has 3 heterocycles. The number of nitrogens with zero attached hydrogens (tertiary/aromatic N) is 3. The van der Waals surface area contributed by atoms with Gasteiger partial charge in [0.25, 0.3) is 5.89 Å². The number of hydrogen-bond donors (Lipinski definition) is 1. The van der Waals surface area contributed by atoms with Gasteiger partial charge in [-0.25, -0.2) is 4.79 Å². The average molecular weight is 457 g/mol. The summed E-state index contributed by atoms with van der Waals surface area (Å²) < 4.78 is 5.74. The molecule has 1 unspecified atom stereocenters. The van der Waals surface area contributed by atoms with E-state index in [1.165, 1.54) is 0 Å². The Morgan fingerprint density at radius 2 is 1.85 bits per heavy atom. The molecule has 1 aliphatic rings. The fourth-order valence-electron chi connectivity index (χ4n) is 4.09. The van der Waals surface area contributed by atoms with Crippen molar-refractivity contribution in [1.82, 2.24) is 20.4 Å². The zero-order valence-electron chi connectivity index (χ0n) is 18.7. The van der Waals surface area contributed by atoms with Crippen molar-refractivity contribution < 1.29 is 9.32 Å². The number of nitrogens with one attached hydrogen (secondary N) is 1. The molecule has 4 aromatic rings. The van der Waals surface area contributed by atoms with E-state index in [0.29, 0.717) is 18.3 Å². The van der Waals surface area contributed by atoms with E-state index in [4.69, 9.17) is 9.51 Å². The number of allylic oxidation sites excluding steroid dienone is 1. The van der Waals surface area contributed by atoms with E-state index in [9.17, 15) is 4.79 Å². The molecule has 2 aromatic carbocycles. The van der Waals surface area contributed by atoms with Crippen LogP contribution < -0.4 is 5.32 Å². The van der Waals surface area contributed by atoms with Gasteiger partial charge >= 0.3 is 6.03 Å². The van der Waals surface area contributed by atoms with Crippen molar-refractivity contribution in [3.8, 4) is 10.7 Å². The minimum Gasteiger partial charge on any atom is -0.334 e. The maximum atomic E-state index is 13.2. The summed E-state index contributed by atoms with van der Waals surface area (Å²) in [7, 11) is 0. The number of benzene rings is 2. The molecule has 33 heavy (non-hydrogen) atoms. The average Bonchev–Trinajstić information content (AvgIpc) is 3.49. The Bertz CT molecular complexity index is 1320. The summed E-state index contributed by atoms with van der Waals surface area (Å²) in [5.41, 5.74) is 5.94. The quantitative estimate of drug-likeness (QED) is 0.393. The smallest absolute Gasteiger partial charge is 0.322 e. The molecule has 0 radical (unpaired) electrons. The van der Waals surface area contributed by atoms with Gasteiger partial charge in [-0.05, 0) is 43.3 Å². The number of carbonyl (C=O) groups excluding carboxylic acids is 1. The second-order valence-electron chi connectivity index (χ2n) is 8.27. The SMILES string of the molecule is CC1=C(c2nc(-c3cccs3)no2)C(c2ccc(C)cc2)NC(=O)N1Cc1cccc(C)c1. The fraction of sp³-hybridized carbons (Fsp3) is 0.192. The van der Waals surface area contributed by atoms with Crippen LogP contribution in [0.1, 0.15) is 41.1 Å². The van der Waals surface area contributed by atoms with Crippen molar-refractivity contribution in [2.45, 2.75) is 33.4 Å². The van der Waals surface area contributed by atoms with E-state index in [0.717, 1.165) is 38.4 Å². The van der Waals surface area contributed by atoms with Crippen LogP contribution in [-0.2, 0) is 6.54 Å². The van der Waals surface area contributed by atoms with Crippen LogP contribution in [0.15, 0.2) is 76.3 Å². The molecule has 2 amide bonds. The van der Waals surface area contributed by atoms with Gasteiger partial charge in [0.2, 0.25) is 5.82 Å². The van der Waals surface area contributed by atoms with Crippen LogP contribution in [0.4, 0.5) is 4.79 Å². The van der Waals surface area contributed by atoms with E-state index >= 15 is 0 Å². The van der Waals surface area contributed by atoms with Crippen molar-refractivity contribution in [2.75, 3.05) is 0 Å². The lowest BCUT2D eigenvalue weighted by atomic mass is 9.94. The molecule has 0 saturated heterocycles. The van der Waals surface area contributed by atoms with Crippen LogP contribution in [0, 0.1) is 13.8 Å². The van der Waals surface area contributed by atoms with E-state index < -0.39 is 0 Å². The molecule has 0 saturated carbocycles. The lowest BCUT2D eigenvalue weighted by molar-refractivity contribution is 0.203. The van der Waals surface area contributed by atoms with Crippen molar-refractivity contribution in [1.29, 1.82) is 0 Å². The van der Waals surface area contributed by atoms with Gasteiger partial charge in [-0.1, -0.05) is 70.9 Å². The van der Waals surface area contributed by atoms with Gasteiger partial charge in [0.05, 0.1) is 23.0 Å². The first-order valence-corrected chi connectivity index (χ1v) is 11.7. The molecule has 0 fully saturated rings. The Balaban J connectivity index is 1.60. The highest BCUT2D eigenvalue weighted by Crippen LogP contribution is 2.38. The summed E-state index contributed by atoms with van der Waals surface area (Å²) in [6, 6.07) is 19.7. The predicted molar refractivity (Wildman–Crippen MR) is 129 cm³/mol. The highest BCUT2D eigenvalue weighted by Gasteiger charge is 2.35. The molecule has 0 spiro atoms. The maximum absolute atomic E-state index is 13.2. The van der Waals surface area contributed by atoms with E-state index in [1.807, 2.05) is 80.7 Å². The van der Waals surface area contributed by atoms with Gasteiger partial charge in [-0.2, -0.15) is 4.98 Å². The number of hydrogen-bond acceptors (Lipinski definition) is 5. The van der Waals surface area contributed by atoms with Crippen LogP contribution in [0.3, 0.4) is 0 Å². The maximum Gasteiger partial charge on any atom is 0.322 e. The first-order chi connectivity index (χ1) is 16.0. The Morgan fingerprint density at radius 3 is 2.58 bits per heavy atom. The summed E-state index contributed by atoms with van der Waals surface area (Å²) in [5, 5.41) is 9.35. The molecule has 1 N–H and O–H groups in total. The third-order valence-corrected chi connectivity index (χ3v) is 6.69. The van der Waals surface area contributed by atoms with Crippen molar-refractivity contribution in [3.05, 3.63) is 99.9 Å². The van der Waals surface area contributed by atoms with Crippen LogP contribution >= 0.6 is 11.3 Å². The molecule has 166 valence electrons. The minimum atomic E-state index is -0.386. The van der Waals surface area contributed by atoms with Crippen LogP contribution in [0.5, 0.6) is 0 Å². The number of aryl methyl sites for hydroxylation is 2. The number of urea groups is 1. The van der Waals surface area contributed by atoms with Crippen molar-refractivity contribution in [2.24, 2.45) is 0 Å². The number of amides is 2. The molecule has 0 aliphatic carbocycles. The number of aromatic nitrogens is 2. The summed E-state index contributed by atoms with van der Waals surface area (Å²) in [6.07, 6.45) is 0. The van der Waals surface area contributed by atoms with Crippen molar-refractivity contribution >= 4 is 22.9 Å². The molecule has 1 atom stereocenters. The lowest BCUT2D eigenvalue weighted by Gasteiger charge is -2.35. The van der Waals surface area contributed by atoms with Gasteiger partial charge in [0, 0.05) is 5.70 Å². The topological polar surface area (TPSA) is 71.3 Å². The summed E-state index contributed by atoms with van der Waals surface area (Å²) in [4.78, 5) is 20.6. The van der Waals surface area contributed by atoms with E-state index in [-0.39, 0.29) is 12.1 Å². The largest absolute Gasteiger partial charge is 0.334 e. The first-order valence-electron chi connectivity index (χ1n) is 10.8. The van der Waals surface area contributed by atoms with Crippen molar-refractivity contribution in [3.63, 3.8) is 0 Å². The molecule has 5 rings (SSSR count). The molecule has 6 nitrogen and oxygen atoms in total. The molecule has 2 aromatic heterocycles. The summed E-state index contributed by atoms with van der Waals surface area (Å²) in [6.45, 7) is 6.49. The Kier molecular flexibility index (Phi) is 5.56. The van der Waals surface area contributed by atoms with Gasteiger partial charge in [-0.15, -0.1) is 11.3 Å². The predicted octanol–water partition coefficient (Wildman–Crippen LogP) is 6.11. The van der Waals surface area contributed by atoms with Gasteiger partial charge in [-0.3, -0.25) is 4.90 Å². The van der Waals surface area contributed by atoms with Gasteiger partial charge < -0.3 is 9.84 Å². The first kappa shape index (κ1) is 21.2. The Labute approximate surface area is 196 Å². The molecule has 1 aliphatic heterocycles. The molecule has 7 heteroatoms. The van der Waals surface area contributed by atoms with Gasteiger partial charge in [0.15, 0.2) is 0 Å². The van der Waals surface area contributed by atoms with Crippen LogP contribution in [-0.4, -0.2) is 21.1 Å². The highest BCUT2D eigenvalue weighted by molar-refractivity contribution is 7.13. The summed E-state index contributed by atoms with van der Waals surface area (Å²) >= 11 is 1.56. The zero-order valence-corrected chi connectivity index (χ0v) is 19.5. The Morgan fingerprint density at radius 1 is 1.03 bits per heavy atom. The number of carbonyl (C=O) groups is 1. The second-order valence-corrected chi connectivity index (χ2v) is 9.22. The number of rotatable bonds is 5. The van der Waals surface area contributed by atoms with Crippen LogP contribution in [0.2, 0.25) is 0 Å². The third-order valence-electron chi connectivity index (χ3n) is 5.83. The molecular formula is C26H24N4O2S. The molecule has 0 bridgehead atoms. The van der Waals surface area contributed by atoms with Crippen LogP contribution in [0.25, 0.3) is 16.3 Å². The monoisotopic (exact) mass is 456 g/mol. The minimum absolute atomic E-state index is 0.152. The Hall–Kier alpha value is -3.71. The third kappa shape index (κ3) is 4.19.